The van der Waals surface area contributed by atoms with Gasteiger partial charge in [-0.05, 0) is 11.6 Å². The average molecular weight is 172 g/mol. The summed E-state index contributed by atoms with van der Waals surface area (Å²) in [4.78, 5) is 0.363. The van der Waals surface area contributed by atoms with Crippen LogP contribution < -0.4 is 0 Å². The van der Waals surface area contributed by atoms with Crippen molar-refractivity contribution in [2.75, 3.05) is 6.61 Å². The van der Waals surface area contributed by atoms with E-state index in [1.54, 1.807) is 12.2 Å². The van der Waals surface area contributed by atoms with E-state index in [2.05, 4.69) is 0 Å². The van der Waals surface area contributed by atoms with E-state index in [1.165, 1.54) is 6.08 Å². The Balaban J connectivity index is 2.89. The highest BCUT2D eigenvalue weighted by molar-refractivity contribution is 7.73. The third kappa shape index (κ3) is 2.03. The van der Waals surface area contributed by atoms with Gasteiger partial charge in [0, 0.05) is 6.42 Å². The number of hydrogen-bond acceptors (Lipinski definition) is 3. The molecular formula is C7H8O3S. The molecule has 0 unspecified atom stereocenters. The van der Waals surface area contributed by atoms with Crippen molar-refractivity contribution < 1.29 is 13.5 Å². The van der Waals surface area contributed by atoms with Crippen LogP contribution in [0.3, 0.4) is 0 Å². The van der Waals surface area contributed by atoms with Crippen LogP contribution in [0.25, 0.3) is 0 Å². The van der Waals surface area contributed by atoms with E-state index >= 15 is 0 Å². The number of hydrogen-bond donors (Lipinski definition) is 1. The van der Waals surface area contributed by atoms with Gasteiger partial charge in [0.05, 0.1) is 11.5 Å². The van der Waals surface area contributed by atoms with Crippen molar-refractivity contribution in [1.82, 2.24) is 0 Å². The molecule has 1 rings (SSSR count). The summed E-state index contributed by atoms with van der Waals surface area (Å²) < 4.78 is 20.7. The summed E-state index contributed by atoms with van der Waals surface area (Å²) >= 11 is 0. The lowest BCUT2D eigenvalue weighted by Crippen LogP contribution is -2.00. The standard InChI is InChI=1S/C7H8O3S/c8-5-6-1-3-7(4-2-6)11(9)10/h1-3,8H,4-5H2. The molecule has 11 heavy (non-hydrogen) atoms. The van der Waals surface area contributed by atoms with Gasteiger partial charge in [-0.15, -0.1) is 0 Å². The average Bonchev–Trinajstić information content (AvgIpc) is 2.05. The van der Waals surface area contributed by atoms with E-state index in [9.17, 15) is 8.42 Å². The van der Waals surface area contributed by atoms with Gasteiger partial charge in [0.15, 0.2) is 0 Å². The van der Waals surface area contributed by atoms with Gasteiger partial charge in [-0.3, -0.25) is 0 Å². The second kappa shape index (κ2) is 3.50. The van der Waals surface area contributed by atoms with E-state index in [0.717, 1.165) is 5.57 Å². The van der Waals surface area contributed by atoms with Crippen molar-refractivity contribution in [3.8, 4) is 0 Å². The summed E-state index contributed by atoms with van der Waals surface area (Å²) in [5.74, 6) is 0. The molecule has 0 spiro atoms. The highest BCUT2D eigenvalue weighted by Gasteiger charge is 2.01. The van der Waals surface area contributed by atoms with Gasteiger partial charge in [-0.25, -0.2) is 0 Å². The van der Waals surface area contributed by atoms with Gasteiger partial charge < -0.3 is 5.11 Å². The lowest BCUT2D eigenvalue weighted by Gasteiger charge is -2.01. The summed E-state index contributed by atoms with van der Waals surface area (Å²) in [5.41, 5.74) is 0.763. The molecule has 1 aliphatic carbocycles. The largest absolute Gasteiger partial charge is 0.392 e. The van der Waals surface area contributed by atoms with Crippen LogP contribution in [0.15, 0.2) is 23.8 Å². The van der Waals surface area contributed by atoms with E-state index < -0.39 is 10.3 Å². The van der Waals surface area contributed by atoms with Crippen LogP contribution in [0.5, 0.6) is 0 Å². The smallest absolute Gasteiger partial charge is 0.217 e. The molecule has 0 bridgehead atoms. The summed E-state index contributed by atoms with van der Waals surface area (Å²) in [5, 5.41) is 8.63. The van der Waals surface area contributed by atoms with Gasteiger partial charge in [-0.2, -0.15) is 8.42 Å². The van der Waals surface area contributed by atoms with Crippen molar-refractivity contribution in [2.45, 2.75) is 6.42 Å². The fourth-order valence-electron chi connectivity index (χ4n) is 0.809. The molecule has 0 saturated carbocycles. The predicted molar refractivity (Wildman–Crippen MR) is 42.9 cm³/mol. The Morgan fingerprint density at radius 3 is 2.55 bits per heavy atom. The molecule has 1 aliphatic rings. The first-order chi connectivity index (χ1) is 5.24. The second-order valence-electron chi connectivity index (χ2n) is 2.18. The molecule has 0 amide bonds. The molecule has 0 radical (unpaired) electrons. The van der Waals surface area contributed by atoms with E-state index in [4.69, 9.17) is 5.11 Å². The predicted octanol–water partition coefficient (Wildman–Crippen LogP) is -0.0835. The Labute approximate surface area is 66.2 Å². The number of aliphatic hydroxyl groups is 1. The third-order valence-electron chi connectivity index (χ3n) is 1.45. The van der Waals surface area contributed by atoms with Crippen LogP contribution in [0.4, 0.5) is 0 Å². The van der Waals surface area contributed by atoms with Crippen LogP contribution in [-0.2, 0) is 10.3 Å². The molecule has 0 aliphatic heterocycles. The Morgan fingerprint density at radius 1 is 1.45 bits per heavy atom. The Morgan fingerprint density at radius 2 is 2.18 bits per heavy atom. The molecule has 0 aromatic heterocycles. The van der Waals surface area contributed by atoms with Crippen LogP contribution in [0.2, 0.25) is 0 Å². The maximum atomic E-state index is 10.4. The fourth-order valence-corrected chi connectivity index (χ4v) is 1.21. The Hall–Kier alpha value is -0.870. The van der Waals surface area contributed by atoms with Crippen LogP contribution in [0.1, 0.15) is 6.42 Å². The minimum Gasteiger partial charge on any atom is -0.392 e. The normalized spacial score (nSPS) is 16.5. The Kier molecular flexibility index (Phi) is 2.62. The monoisotopic (exact) mass is 172 g/mol. The van der Waals surface area contributed by atoms with Gasteiger partial charge in [0.1, 0.15) is 0 Å². The molecular weight excluding hydrogens is 164 g/mol. The third-order valence-corrected chi connectivity index (χ3v) is 2.18. The first-order valence-corrected chi connectivity index (χ1v) is 4.24. The van der Waals surface area contributed by atoms with Crippen molar-refractivity contribution in [1.29, 1.82) is 0 Å². The minimum atomic E-state index is -2.12. The van der Waals surface area contributed by atoms with Crippen molar-refractivity contribution >= 4 is 15.2 Å². The van der Waals surface area contributed by atoms with Crippen molar-refractivity contribution in [3.63, 3.8) is 0 Å². The van der Waals surface area contributed by atoms with Gasteiger partial charge in [0.25, 0.3) is 0 Å². The zero-order valence-electron chi connectivity index (χ0n) is 5.82. The van der Waals surface area contributed by atoms with Gasteiger partial charge >= 0.3 is 0 Å². The van der Waals surface area contributed by atoms with Crippen molar-refractivity contribution in [3.05, 3.63) is 23.8 Å². The lowest BCUT2D eigenvalue weighted by atomic mass is 10.1. The molecule has 1 N–H and O–H groups in total. The van der Waals surface area contributed by atoms with Crippen molar-refractivity contribution in [2.24, 2.45) is 0 Å². The van der Waals surface area contributed by atoms with E-state index in [0.29, 0.717) is 11.3 Å². The molecule has 0 saturated heterocycles. The highest BCUT2D eigenvalue weighted by Crippen LogP contribution is 2.05. The summed E-state index contributed by atoms with van der Waals surface area (Å²) in [6, 6.07) is 0. The topological polar surface area (TPSA) is 54.4 Å². The van der Waals surface area contributed by atoms with Crippen LogP contribution >= 0.6 is 0 Å². The van der Waals surface area contributed by atoms with Gasteiger partial charge in [-0.1, -0.05) is 12.2 Å². The molecule has 3 nitrogen and oxygen atoms in total. The Bertz CT molecular complexity index is 325. The second-order valence-corrected chi connectivity index (χ2v) is 3.17. The van der Waals surface area contributed by atoms with E-state index in [1.807, 2.05) is 0 Å². The molecule has 0 atom stereocenters. The summed E-state index contributed by atoms with van der Waals surface area (Å²) in [7, 11) is -2.12. The highest BCUT2D eigenvalue weighted by atomic mass is 32.2. The zero-order chi connectivity index (χ0) is 8.27. The zero-order valence-corrected chi connectivity index (χ0v) is 6.63. The first kappa shape index (κ1) is 8.23. The summed E-state index contributed by atoms with van der Waals surface area (Å²) in [6.45, 7) is -0.0325. The quantitative estimate of drug-likeness (QED) is 0.563. The van der Waals surface area contributed by atoms with Crippen LogP contribution in [0, 0.1) is 0 Å². The molecule has 0 aromatic carbocycles. The molecule has 60 valence electrons. The molecule has 0 heterocycles. The first-order valence-electron chi connectivity index (χ1n) is 3.17. The SMILES string of the molecule is O=S(=O)=C1C=CC(CO)=CC1. The van der Waals surface area contributed by atoms with E-state index in [-0.39, 0.29) is 6.61 Å². The number of aliphatic hydroxyl groups excluding tert-OH is 1. The molecule has 0 fully saturated rings. The minimum absolute atomic E-state index is 0.0325. The van der Waals surface area contributed by atoms with Gasteiger partial charge in [0.2, 0.25) is 10.3 Å². The molecule has 0 aromatic rings. The maximum Gasteiger partial charge on any atom is 0.217 e. The number of rotatable bonds is 1. The van der Waals surface area contributed by atoms with Crippen LogP contribution in [-0.4, -0.2) is 25.0 Å². The maximum absolute atomic E-state index is 10.4. The fraction of sp³-hybridized carbons (Fsp3) is 0.286. The lowest BCUT2D eigenvalue weighted by molar-refractivity contribution is 0.334. The molecule has 4 heteroatoms. The summed E-state index contributed by atoms with van der Waals surface area (Å²) in [6.07, 6.45) is 5.21. The number of allylic oxidation sites excluding steroid dienone is 2.